The smallest absolute Gasteiger partial charge is 0.317 e. The van der Waals surface area contributed by atoms with Crippen molar-refractivity contribution >= 4 is 6.03 Å². The minimum absolute atomic E-state index is 0.0184. The van der Waals surface area contributed by atoms with E-state index in [1.807, 2.05) is 55.5 Å². The summed E-state index contributed by atoms with van der Waals surface area (Å²) in [4.78, 5) is 11.6. The van der Waals surface area contributed by atoms with Gasteiger partial charge in [0, 0.05) is 6.54 Å². The molecule has 0 radical (unpaired) electrons. The molecule has 3 N–H and O–H groups in total. The Morgan fingerprint density at radius 1 is 1.00 bits per heavy atom. The summed E-state index contributed by atoms with van der Waals surface area (Å²) in [5.41, 5.74) is 2.97. The van der Waals surface area contributed by atoms with Crippen LogP contribution in [-0.2, 0) is 13.2 Å². The Morgan fingerprint density at radius 3 is 2.27 bits per heavy atom. The van der Waals surface area contributed by atoms with Crippen LogP contribution in [0.25, 0.3) is 0 Å². The van der Waals surface area contributed by atoms with Crippen LogP contribution in [0.2, 0.25) is 0 Å². The fraction of sp³-hybridized carbons (Fsp3) is 0.235. The summed E-state index contributed by atoms with van der Waals surface area (Å²) in [5, 5.41) is 14.3. The molecule has 2 aromatic carbocycles. The first-order valence-electron chi connectivity index (χ1n) is 7.07. The third-order valence-electron chi connectivity index (χ3n) is 3.15. The lowest BCUT2D eigenvalue weighted by Gasteiger charge is -2.10. The van der Waals surface area contributed by atoms with Gasteiger partial charge in [0.15, 0.2) is 6.73 Å². The highest BCUT2D eigenvalue weighted by Gasteiger charge is 2.01. The van der Waals surface area contributed by atoms with Gasteiger partial charge < -0.3 is 20.5 Å². The number of aliphatic hydroxyl groups is 1. The molecule has 116 valence electrons. The third kappa shape index (κ3) is 5.10. The van der Waals surface area contributed by atoms with Gasteiger partial charge in [-0.05, 0) is 30.2 Å². The van der Waals surface area contributed by atoms with Crippen molar-refractivity contribution in [3.63, 3.8) is 0 Å². The van der Waals surface area contributed by atoms with Crippen LogP contribution in [0.1, 0.15) is 16.7 Å². The van der Waals surface area contributed by atoms with E-state index in [2.05, 4.69) is 10.6 Å². The van der Waals surface area contributed by atoms with Crippen LogP contribution in [0.3, 0.4) is 0 Å². The lowest BCUT2D eigenvalue weighted by molar-refractivity contribution is 0.223. The zero-order chi connectivity index (χ0) is 15.8. The largest absolute Gasteiger partial charge is 0.473 e. The van der Waals surface area contributed by atoms with Gasteiger partial charge in [-0.25, -0.2) is 4.79 Å². The monoisotopic (exact) mass is 300 g/mol. The molecule has 0 unspecified atom stereocenters. The van der Waals surface area contributed by atoms with E-state index in [1.165, 1.54) is 0 Å². The Bertz CT molecular complexity index is 594. The first kappa shape index (κ1) is 15.9. The number of aryl methyl sites for hydroxylation is 1. The molecule has 5 nitrogen and oxygen atoms in total. The van der Waals surface area contributed by atoms with E-state index in [1.54, 1.807) is 0 Å². The zero-order valence-electron chi connectivity index (χ0n) is 12.5. The van der Waals surface area contributed by atoms with Crippen molar-refractivity contribution in [2.75, 3.05) is 6.73 Å². The van der Waals surface area contributed by atoms with Gasteiger partial charge in [-0.2, -0.15) is 0 Å². The topological polar surface area (TPSA) is 70.6 Å². The van der Waals surface area contributed by atoms with Crippen LogP contribution in [0.5, 0.6) is 5.75 Å². The summed E-state index contributed by atoms with van der Waals surface area (Å²) in [6.07, 6.45) is 0. The molecule has 0 aliphatic heterocycles. The van der Waals surface area contributed by atoms with E-state index in [9.17, 15) is 4.79 Å². The molecule has 5 heteroatoms. The Balaban J connectivity index is 1.68. The number of nitrogens with one attached hydrogen (secondary N) is 2. The molecule has 22 heavy (non-hydrogen) atoms. The second-order valence-corrected chi connectivity index (χ2v) is 4.94. The summed E-state index contributed by atoms with van der Waals surface area (Å²) < 4.78 is 5.41. The highest BCUT2D eigenvalue weighted by molar-refractivity contribution is 5.73. The summed E-state index contributed by atoms with van der Waals surface area (Å²) in [6.45, 7) is 2.55. The highest BCUT2D eigenvalue weighted by Crippen LogP contribution is 2.10. The van der Waals surface area contributed by atoms with Gasteiger partial charge >= 0.3 is 6.03 Å². The van der Waals surface area contributed by atoms with E-state index >= 15 is 0 Å². The fourth-order valence-corrected chi connectivity index (χ4v) is 1.83. The van der Waals surface area contributed by atoms with E-state index in [0.29, 0.717) is 12.3 Å². The number of benzene rings is 2. The van der Waals surface area contributed by atoms with Crippen LogP contribution in [0.15, 0.2) is 48.5 Å². The molecule has 0 spiro atoms. The van der Waals surface area contributed by atoms with Gasteiger partial charge in [-0.3, -0.25) is 0 Å². The lowest BCUT2D eigenvalue weighted by Crippen LogP contribution is -2.37. The van der Waals surface area contributed by atoms with Gasteiger partial charge in [-0.1, -0.05) is 42.0 Å². The van der Waals surface area contributed by atoms with Crippen LogP contribution in [0.4, 0.5) is 4.79 Å². The van der Waals surface area contributed by atoms with Gasteiger partial charge in [0.25, 0.3) is 0 Å². The van der Waals surface area contributed by atoms with Gasteiger partial charge in [0.1, 0.15) is 5.75 Å². The number of hydrogen-bond donors (Lipinski definition) is 3. The minimum atomic E-state index is -0.293. The molecule has 0 fully saturated rings. The Morgan fingerprint density at radius 2 is 1.64 bits per heavy atom. The molecule has 0 saturated heterocycles. The van der Waals surface area contributed by atoms with E-state index in [0.717, 1.165) is 16.7 Å². The third-order valence-corrected chi connectivity index (χ3v) is 3.15. The van der Waals surface area contributed by atoms with Gasteiger partial charge in [0.05, 0.1) is 6.61 Å². The second kappa shape index (κ2) is 8.05. The molecule has 2 aromatic rings. The standard InChI is InChI=1S/C17H20N2O3/c1-13-2-8-16(9-3-13)22-12-19-17(21)18-10-14-4-6-15(11-20)7-5-14/h2-9,20H,10-12H2,1H3,(H2,18,19,21). The number of rotatable bonds is 6. The second-order valence-electron chi connectivity index (χ2n) is 4.94. The number of urea groups is 1. The maximum Gasteiger partial charge on any atom is 0.317 e. The number of carbonyl (C=O) groups is 1. The molecule has 0 aliphatic rings. The Kier molecular flexibility index (Phi) is 5.80. The van der Waals surface area contributed by atoms with E-state index in [-0.39, 0.29) is 19.4 Å². The SMILES string of the molecule is Cc1ccc(OCNC(=O)NCc2ccc(CO)cc2)cc1. The zero-order valence-corrected chi connectivity index (χ0v) is 12.5. The molecule has 0 atom stereocenters. The predicted octanol–water partition coefficient (Wildman–Crippen LogP) is 2.32. The number of hydrogen-bond acceptors (Lipinski definition) is 3. The Labute approximate surface area is 129 Å². The summed E-state index contributed by atoms with van der Waals surface area (Å²) in [5.74, 6) is 0.713. The van der Waals surface area contributed by atoms with Crippen molar-refractivity contribution in [3.8, 4) is 5.75 Å². The van der Waals surface area contributed by atoms with Crippen molar-refractivity contribution in [2.45, 2.75) is 20.1 Å². The number of ether oxygens (including phenoxy) is 1. The average molecular weight is 300 g/mol. The van der Waals surface area contributed by atoms with Crippen molar-refractivity contribution in [1.29, 1.82) is 0 Å². The van der Waals surface area contributed by atoms with Crippen LogP contribution >= 0.6 is 0 Å². The predicted molar refractivity (Wildman–Crippen MR) is 84.4 cm³/mol. The van der Waals surface area contributed by atoms with Crippen LogP contribution in [0, 0.1) is 6.92 Å². The highest BCUT2D eigenvalue weighted by atomic mass is 16.5. The molecule has 0 aromatic heterocycles. The summed E-state index contributed by atoms with van der Waals surface area (Å²) in [7, 11) is 0. The van der Waals surface area contributed by atoms with Gasteiger partial charge in [0.2, 0.25) is 0 Å². The number of aliphatic hydroxyl groups excluding tert-OH is 1. The number of amides is 2. The first-order chi connectivity index (χ1) is 10.7. The van der Waals surface area contributed by atoms with E-state index in [4.69, 9.17) is 9.84 Å². The van der Waals surface area contributed by atoms with Crippen LogP contribution in [-0.4, -0.2) is 17.9 Å². The first-order valence-corrected chi connectivity index (χ1v) is 7.07. The van der Waals surface area contributed by atoms with E-state index < -0.39 is 0 Å². The fourth-order valence-electron chi connectivity index (χ4n) is 1.83. The summed E-state index contributed by atoms with van der Waals surface area (Å²) >= 11 is 0. The van der Waals surface area contributed by atoms with Gasteiger partial charge in [-0.15, -0.1) is 0 Å². The molecule has 0 heterocycles. The molecule has 0 bridgehead atoms. The number of carbonyl (C=O) groups excluding carboxylic acids is 1. The van der Waals surface area contributed by atoms with Crippen molar-refractivity contribution in [1.82, 2.24) is 10.6 Å². The normalized spacial score (nSPS) is 10.1. The molecule has 0 aliphatic carbocycles. The molecular formula is C17H20N2O3. The minimum Gasteiger partial charge on any atom is -0.473 e. The lowest BCUT2D eigenvalue weighted by atomic mass is 10.1. The van der Waals surface area contributed by atoms with Crippen LogP contribution < -0.4 is 15.4 Å². The molecular weight excluding hydrogens is 280 g/mol. The molecule has 2 amide bonds. The summed E-state index contributed by atoms with van der Waals surface area (Å²) in [6, 6.07) is 14.7. The maximum atomic E-state index is 11.6. The quantitative estimate of drug-likeness (QED) is 0.717. The maximum absolute atomic E-state index is 11.6. The van der Waals surface area contributed by atoms with Crippen molar-refractivity contribution < 1.29 is 14.6 Å². The van der Waals surface area contributed by atoms with Crippen molar-refractivity contribution in [2.24, 2.45) is 0 Å². The Hall–Kier alpha value is -2.53. The molecule has 0 saturated carbocycles. The average Bonchev–Trinajstić information content (AvgIpc) is 2.55. The van der Waals surface area contributed by atoms with Crippen molar-refractivity contribution in [3.05, 3.63) is 65.2 Å². The molecule has 2 rings (SSSR count).